The molecule has 0 saturated carbocycles. The fourth-order valence-corrected chi connectivity index (χ4v) is 20.0. The van der Waals surface area contributed by atoms with E-state index in [1.807, 2.05) is 320 Å². The van der Waals surface area contributed by atoms with Crippen molar-refractivity contribution in [2.75, 3.05) is 0 Å². The predicted molar refractivity (Wildman–Crippen MR) is 614 cm³/mol. The number of hydrogen-bond acceptors (Lipinski definition) is 9. The minimum atomic E-state index is -0.548. The number of para-hydroxylation sites is 8. The number of benzene rings is 21. The molecule has 15 heteroatoms. The first-order chi connectivity index (χ1) is 84.4. The summed E-state index contributed by atoms with van der Waals surface area (Å²) in [4.78, 5) is 44.4. The first-order valence-electron chi connectivity index (χ1n) is 60.4. The highest BCUT2D eigenvalue weighted by atomic mass is 15.2. The summed E-state index contributed by atoms with van der Waals surface area (Å²) < 4.78 is 231. The Bertz CT molecular complexity index is 12000. The van der Waals surface area contributed by atoms with Crippen molar-refractivity contribution >= 4 is 131 Å². The highest BCUT2D eigenvalue weighted by Crippen LogP contribution is 2.47. The fourth-order valence-electron chi connectivity index (χ4n) is 20.0. The Labute approximate surface area is 895 Å². The predicted octanol–water partition coefficient (Wildman–Crippen LogP) is 33.2. The van der Waals surface area contributed by atoms with Crippen molar-refractivity contribution in [2.45, 2.75) is 0 Å². The number of hydrogen-bond donors (Lipinski definition) is 0. The van der Waals surface area contributed by atoms with Crippen LogP contribution in [0, 0.1) is 0 Å². The third kappa shape index (κ3) is 15.3. The van der Waals surface area contributed by atoms with Gasteiger partial charge in [-0.2, -0.15) is 29.9 Å². The number of aromatic nitrogens is 15. The van der Waals surface area contributed by atoms with E-state index in [1.165, 1.54) is 38.0 Å². The quantitative estimate of drug-likeness (QED) is 0.0979. The second-order valence-electron chi connectivity index (χ2n) is 35.6. The van der Waals surface area contributed by atoms with Crippen molar-refractivity contribution in [1.29, 1.82) is 0 Å². The molecule has 0 bridgehead atoms. The molecule has 150 heavy (non-hydrogen) atoms. The van der Waals surface area contributed by atoms with Gasteiger partial charge < -0.3 is 13.7 Å². The van der Waals surface area contributed by atoms with Crippen molar-refractivity contribution < 1.29 is 32.9 Å². The van der Waals surface area contributed by atoms with E-state index in [1.54, 1.807) is 51.6 Å². The molecule has 0 atom stereocenters. The lowest BCUT2D eigenvalue weighted by atomic mass is 10.0. The van der Waals surface area contributed by atoms with Crippen molar-refractivity contribution in [1.82, 2.24) is 72.3 Å². The molecule has 0 saturated heterocycles. The first-order valence-corrected chi connectivity index (χ1v) is 48.4. The molecule has 9 heterocycles. The normalized spacial score (nSPS) is 13.8. The average Bonchev–Trinajstić information content (AvgIpc) is 1.50. The fraction of sp³-hybridized carbons (Fsp3) is 0. The van der Waals surface area contributed by atoms with Crippen LogP contribution in [0.1, 0.15) is 32.9 Å². The second-order valence-corrected chi connectivity index (χ2v) is 35.6. The van der Waals surface area contributed by atoms with Crippen LogP contribution in [-0.2, 0) is 0 Å². The molecule has 9 aromatic heterocycles. The van der Waals surface area contributed by atoms with Crippen LogP contribution >= 0.6 is 0 Å². The van der Waals surface area contributed by atoms with Gasteiger partial charge in [0, 0.05) is 115 Å². The molecule has 0 spiro atoms. The van der Waals surface area contributed by atoms with Crippen LogP contribution in [0.3, 0.4) is 0 Å². The van der Waals surface area contributed by atoms with Gasteiger partial charge in [0.2, 0.25) is 17.8 Å². The smallest absolute Gasteiger partial charge is 0.238 e. The van der Waals surface area contributed by atoms with E-state index in [4.69, 9.17) is 61.3 Å². The molecule has 21 aromatic carbocycles. The summed E-state index contributed by atoms with van der Waals surface area (Å²) in [5.41, 5.74) is 13.9. The van der Waals surface area contributed by atoms with Gasteiger partial charge in [0.05, 0.1) is 99.1 Å². The Morgan fingerprint density at radius 3 is 0.860 bits per heavy atom. The maximum absolute atomic E-state index is 10.1. The third-order valence-corrected chi connectivity index (χ3v) is 26.8. The minimum absolute atomic E-state index is 0.0142. The van der Waals surface area contributed by atoms with Crippen molar-refractivity contribution in [3.05, 3.63) is 527 Å². The summed E-state index contributed by atoms with van der Waals surface area (Å²) in [6, 6.07) is 112. The highest BCUT2D eigenvalue weighted by molar-refractivity contribution is 6.29. The zero-order valence-electron chi connectivity index (χ0n) is 103. The lowest BCUT2D eigenvalue weighted by Crippen LogP contribution is -2.06. The minimum Gasteiger partial charge on any atom is -0.309 e. The van der Waals surface area contributed by atoms with E-state index < -0.39 is 42.3 Å². The summed E-state index contributed by atoms with van der Waals surface area (Å²) in [6.45, 7) is 0. The van der Waals surface area contributed by atoms with Crippen LogP contribution in [0.5, 0.6) is 0 Å². The molecule has 15 nitrogen and oxygen atoms in total. The number of nitrogens with zero attached hydrogens (tertiary/aromatic N) is 15. The molecular weight excluding hydrogens is 1830 g/mol. The molecule has 0 N–H and O–H groups in total. The molecule has 30 aromatic rings. The lowest BCUT2D eigenvalue weighted by molar-refractivity contribution is 0.953. The number of fused-ring (bicyclic) bond motifs is 19. The lowest BCUT2D eigenvalue weighted by Gasteiger charge is -2.12. The van der Waals surface area contributed by atoms with Gasteiger partial charge in [0.25, 0.3) is 0 Å². The largest absolute Gasteiger partial charge is 0.309 e. The van der Waals surface area contributed by atoms with Gasteiger partial charge in [-0.05, 0) is 148 Å². The topological polar surface area (TPSA) is 146 Å². The molecule has 0 amide bonds. The van der Waals surface area contributed by atoms with E-state index in [0.29, 0.717) is 101 Å². The first kappa shape index (κ1) is 65.6. The summed E-state index contributed by atoms with van der Waals surface area (Å²) in [5, 5.41) is 2.37. The van der Waals surface area contributed by atoms with Gasteiger partial charge in [-0.15, -0.1) is 0 Å². The third-order valence-electron chi connectivity index (χ3n) is 26.8. The van der Waals surface area contributed by atoms with Gasteiger partial charge in [0.15, 0.2) is 34.9 Å². The van der Waals surface area contributed by atoms with Gasteiger partial charge in [-0.3, -0.25) is 13.7 Å². The van der Waals surface area contributed by atoms with Crippen LogP contribution in [0.4, 0.5) is 0 Å². The maximum Gasteiger partial charge on any atom is 0.238 e. The summed E-state index contributed by atoms with van der Waals surface area (Å²) >= 11 is 0. The molecule has 0 aliphatic rings. The Hall–Kier alpha value is -20.6. The molecule has 0 unspecified atom stereocenters. The van der Waals surface area contributed by atoms with E-state index in [0.717, 1.165) is 44.5 Å². The second kappa shape index (κ2) is 37.0. The molecule has 0 aliphatic heterocycles. The van der Waals surface area contributed by atoms with Gasteiger partial charge in [-0.1, -0.05) is 412 Å². The van der Waals surface area contributed by atoms with E-state index in [9.17, 15) is 16.4 Å². The van der Waals surface area contributed by atoms with E-state index in [-0.39, 0.29) is 225 Å². The summed E-state index contributed by atoms with van der Waals surface area (Å²) in [5.74, 6) is 1.98. The number of rotatable bonds is 15. The molecule has 702 valence electrons. The average molecular weight is 1940 g/mol. The van der Waals surface area contributed by atoms with Gasteiger partial charge >= 0.3 is 0 Å². The van der Waals surface area contributed by atoms with Crippen molar-refractivity contribution in [3.8, 4) is 137 Å². The van der Waals surface area contributed by atoms with E-state index >= 15 is 0 Å². The van der Waals surface area contributed by atoms with Gasteiger partial charge in [0.1, 0.15) is 0 Å². The summed E-state index contributed by atoms with van der Waals surface area (Å²) in [6.07, 6.45) is 0. The highest BCUT2D eigenvalue weighted by Gasteiger charge is 2.28. The Morgan fingerprint density at radius 1 is 0.140 bits per heavy atom. The molecule has 0 fully saturated rings. The van der Waals surface area contributed by atoms with Crippen LogP contribution in [0.25, 0.3) is 267 Å². The van der Waals surface area contributed by atoms with Crippen LogP contribution in [0.2, 0.25) is 0 Å². The van der Waals surface area contributed by atoms with Crippen LogP contribution in [-0.4, -0.2) is 72.3 Å². The zero-order chi connectivity index (χ0) is 120. The SMILES string of the molecule is [2H]c1c([2H])c([2H])c2c(c1[2H])c1c3c4c([2H])c([2H])c([2H])c([2H])c4n(-c4nc(-c5ccccc5)nc(-c5ccc(-c6ccccc6)cc5)n4)c3c([2H])c([2H])c1n2-c1ccccc1.[2H]c1cc([2H])c2c(c1)c1c([2H])c3c(c([2H])c1n2-c1cccc(-c2ccccc2)c1)c1cc([2H])cc([2H])c1n3-c1nc(-c2ccccc2)nc(-c2ccccc2)n1.[2H]c1cc([2H])c2c(c1[2H])c1c([2H])c3c4c([2H])c([2H])cc([2H])c4n(-c4nc(-c5ccccc5)nc(-c5cccc(-c6ccccc6)c5)n4)c3c([2H])c1n2-c1ccccc1. The Balaban J connectivity index is 0.000000120. The Morgan fingerprint density at radius 2 is 0.407 bits per heavy atom. The maximum atomic E-state index is 10.1. The van der Waals surface area contributed by atoms with Crippen molar-refractivity contribution in [2.24, 2.45) is 0 Å². The van der Waals surface area contributed by atoms with Gasteiger partial charge in [-0.25, -0.2) is 15.0 Å². The Kier molecular flexibility index (Phi) is 16.2. The zero-order valence-corrected chi connectivity index (χ0v) is 79.1. The van der Waals surface area contributed by atoms with Crippen molar-refractivity contribution in [3.63, 3.8) is 0 Å². The molecular formula is C135H87N15. The van der Waals surface area contributed by atoms with Crippen LogP contribution < -0.4 is 0 Å². The standard InChI is InChI=1S/3C45H29N5/c1-4-15-30(16-5-1)32-19-14-20-33(27-32)44-46-43(31-17-6-2-7-18-31)47-45(48-44)50-40-26-13-11-24-36(40)38-28-37-35-23-10-12-25-39(35)49(41(37)29-42(38)50)34-21-8-3-9-22-34;1-4-15-30(16-5-1)33-21-14-22-34(27-33)49-39-25-12-10-23-35(39)37-29-42-38(28-41(37)49)36-24-11-13-26-40(36)50(42)45-47-43(31-17-6-2-7-18-31)46-44(48-45)32-19-8-3-9-20-32;1-4-14-30(15-5-1)31-24-26-33(27-25-31)44-46-43(32-16-6-2-7-17-32)47-45(48-44)50-38-23-13-11-21-36(38)42-40(50)29-28-39-41(42)35-20-10-12-22-37(35)49(39)34-18-8-3-9-19-34/h3*1-29H/i10D,11D,23D,24D,25D,26D,28D,29D;10D,11D,25D,26D,28D,29D;10D,11D,12D,13D,20D,21D,22D,23D,28D,29D. The molecule has 0 aliphatic carbocycles. The van der Waals surface area contributed by atoms with E-state index in [2.05, 4.69) is 0 Å². The summed E-state index contributed by atoms with van der Waals surface area (Å²) in [7, 11) is 0. The monoisotopic (exact) mass is 1940 g/mol. The molecule has 30 rings (SSSR count). The molecule has 0 radical (unpaired) electrons. The van der Waals surface area contributed by atoms with Crippen LogP contribution in [0.15, 0.2) is 527 Å².